The summed E-state index contributed by atoms with van der Waals surface area (Å²) in [5.41, 5.74) is -0.352. The van der Waals surface area contributed by atoms with E-state index in [0.29, 0.717) is 11.3 Å². The Labute approximate surface area is 165 Å². The summed E-state index contributed by atoms with van der Waals surface area (Å²) >= 11 is 0.830. The lowest BCUT2D eigenvalue weighted by molar-refractivity contribution is -0.115. The Morgan fingerprint density at radius 3 is 2.03 bits per heavy atom. The van der Waals surface area contributed by atoms with Crippen LogP contribution in [0, 0.1) is 29.1 Å². The lowest BCUT2D eigenvalue weighted by Gasteiger charge is -2.07. The van der Waals surface area contributed by atoms with E-state index < -0.39 is 47.0 Å². The van der Waals surface area contributed by atoms with Crippen LogP contribution in [0.2, 0.25) is 0 Å². The molecular weight excluding hydrogens is 415 g/mol. The third-order valence-corrected chi connectivity index (χ3v) is 4.95. The van der Waals surface area contributed by atoms with E-state index in [4.69, 9.17) is 0 Å². The Morgan fingerprint density at radius 1 is 0.931 bits per heavy atom. The molecule has 150 valence electrons. The van der Waals surface area contributed by atoms with Crippen molar-refractivity contribution < 1.29 is 31.5 Å². The van der Waals surface area contributed by atoms with Crippen LogP contribution in [-0.2, 0) is 11.2 Å². The molecule has 3 aromatic rings. The number of rotatable bonds is 5. The maximum absolute atomic E-state index is 13.7. The maximum Gasteiger partial charge on any atom is 0.230 e. The molecule has 0 bridgehead atoms. The second-order valence-corrected chi connectivity index (χ2v) is 6.89. The van der Waals surface area contributed by atoms with E-state index in [1.165, 1.54) is 6.92 Å². The van der Waals surface area contributed by atoms with E-state index >= 15 is 0 Å². The van der Waals surface area contributed by atoms with Gasteiger partial charge in [0.2, 0.25) is 11.7 Å². The van der Waals surface area contributed by atoms with E-state index in [2.05, 4.69) is 10.3 Å². The average molecular weight is 426 g/mol. The number of carbonyl (C=O) groups is 2. The van der Waals surface area contributed by atoms with Gasteiger partial charge in [-0.2, -0.15) is 0 Å². The first kappa shape index (κ1) is 20.6. The zero-order chi connectivity index (χ0) is 21.3. The molecule has 0 spiro atoms. The molecule has 1 amide bonds. The van der Waals surface area contributed by atoms with Gasteiger partial charge in [-0.3, -0.25) is 9.59 Å². The molecule has 0 aliphatic rings. The Hall–Kier alpha value is -3.14. The molecule has 3 rings (SSSR count). The first-order valence-electron chi connectivity index (χ1n) is 8.08. The van der Waals surface area contributed by atoms with Crippen molar-refractivity contribution in [2.75, 3.05) is 5.32 Å². The van der Waals surface area contributed by atoms with Crippen LogP contribution in [0.4, 0.5) is 27.1 Å². The Kier molecular flexibility index (Phi) is 5.73. The molecule has 29 heavy (non-hydrogen) atoms. The lowest BCUT2D eigenvalue weighted by Crippen LogP contribution is -2.18. The number of nitrogens with zero attached hydrogens (tertiary/aromatic N) is 1. The smallest absolute Gasteiger partial charge is 0.230 e. The van der Waals surface area contributed by atoms with Gasteiger partial charge in [-0.1, -0.05) is 41.7 Å². The standard InChI is InChI=1S/C19H11F5N2O2S/c1-8(27)18-17(9-5-3-2-4-6-9)26-19(29-18)25-11(28)7-10-12(20)14(22)16(24)15(23)13(10)21/h2-6H,7H2,1H3,(H,25,26,28). The Morgan fingerprint density at radius 2 is 1.48 bits per heavy atom. The number of nitrogens with one attached hydrogen (secondary N) is 1. The molecule has 0 unspecified atom stereocenters. The highest BCUT2D eigenvalue weighted by Gasteiger charge is 2.27. The van der Waals surface area contributed by atoms with Gasteiger partial charge in [-0.05, 0) is 0 Å². The number of aromatic nitrogens is 1. The zero-order valence-electron chi connectivity index (χ0n) is 14.7. The molecule has 0 radical (unpaired) electrons. The average Bonchev–Trinajstić information content (AvgIpc) is 3.13. The molecule has 0 saturated heterocycles. The van der Waals surface area contributed by atoms with Crippen LogP contribution in [0.15, 0.2) is 30.3 Å². The van der Waals surface area contributed by atoms with Crippen molar-refractivity contribution in [3.8, 4) is 11.3 Å². The largest absolute Gasteiger partial charge is 0.302 e. The van der Waals surface area contributed by atoms with Gasteiger partial charge in [-0.25, -0.2) is 26.9 Å². The van der Waals surface area contributed by atoms with Gasteiger partial charge in [0.05, 0.1) is 17.0 Å². The van der Waals surface area contributed by atoms with Gasteiger partial charge in [0.25, 0.3) is 0 Å². The predicted molar refractivity (Wildman–Crippen MR) is 96.1 cm³/mol. The number of thiazole rings is 1. The number of carbonyl (C=O) groups excluding carboxylic acids is 2. The summed E-state index contributed by atoms with van der Waals surface area (Å²) < 4.78 is 67.1. The van der Waals surface area contributed by atoms with Crippen LogP contribution in [-0.4, -0.2) is 16.7 Å². The number of benzene rings is 2. The van der Waals surface area contributed by atoms with E-state index in [-0.39, 0.29) is 15.8 Å². The van der Waals surface area contributed by atoms with Crippen LogP contribution in [0.1, 0.15) is 22.2 Å². The van der Waals surface area contributed by atoms with E-state index in [1.807, 2.05) is 0 Å². The minimum atomic E-state index is -2.30. The van der Waals surface area contributed by atoms with Crippen molar-refractivity contribution in [1.29, 1.82) is 0 Å². The fourth-order valence-corrected chi connectivity index (χ4v) is 3.43. The molecule has 4 nitrogen and oxygen atoms in total. The molecule has 1 N–H and O–H groups in total. The zero-order valence-corrected chi connectivity index (χ0v) is 15.5. The molecule has 1 heterocycles. The molecular formula is C19H11F5N2O2S. The SMILES string of the molecule is CC(=O)c1sc(NC(=O)Cc2c(F)c(F)c(F)c(F)c2F)nc1-c1ccccc1. The van der Waals surface area contributed by atoms with E-state index in [9.17, 15) is 31.5 Å². The van der Waals surface area contributed by atoms with Gasteiger partial charge < -0.3 is 5.32 Å². The van der Waals surface area contributed by atoms with Crippen molar-refractivity contribution in [2.45, 2.75) is 13.3 Å². The second kappa shape index (κ2) is 8.08. The summed E-state index contributed by atoms with van der Waals surface area (Å²) in [7, 11) is 0. The summed E-state index contributed by atoms with van der Waals surface area (Å²) in [6, 6.07) is 8.60. The number of ketones is 1. The molecule has 2 aromatic carbocycles. The molecule has 0 aliphatic carbocycles. The van der Waals surface area contributed by atoms with Crippen LogP contribution >= 0.6 is 11.3 Å². The van der Waals surface area contributed by atoms with Crippen molar-refractivity contribution in [1.82, 2.24) is 4.98 Å². The highest BCUT2D eigenvalue weighted by atomic mass is 32.1. The van der Waals surface area contributed by atoms with Gasteiger partial charge in [-0.15, -0.1) is 0 Å². The summed E-state index contributed by atoms with van der Waals surface area (Å²) in [6.07, 6.45) is -1.11. The normalized spacial score (nSPS) is 10.8. The first-order chi connectivity index (χ1) is 13.7. The van der Waals surface area contributed by atoms with Crippen LogP contribution in [0.25, 0.3) is 11.3 Å². The number of halogens is 5. The van der Waals surface area contributed by atoms with E-state index in [1.54, 1.807) is 30.3 Å². The monoisotopic (exact) mass is 426 g/mol. The number of anilines is 1. The van der Waals surface area contributed by atoms with Crippen LogP contribution < -0.4 is 5.32 Å². The summed E-state index contributed by atoms with van der Waals surface area (Å²) in [4.78, 5) is 28.4. The van der Waals surface area contributed by atoms with E-state index in [0.717, 1.165) is 11.3 Å². The maximum atomic E-state index is 13.7. The third kappa shape index (κ3) is 4.02. The fraction of sp³-hybridized carbons (Fsp3) is 0.105. The van der Waals surface area contributed by atoms with Crippen molar-refractivity contribution in [2.24, 2.45) is 0 Å². The number of hydrogen-bond donors (Lipinski definition) is 1. The molecule has 10 heteroatoms. The van der Waals surface area contributed by atoms with Gasteiger partial charge in [0, 0.05) is 18.1 Å². The highest BCUT2D eigenvalue weighted by Crippen LogP contribution is 2.32. The Bertz CT molecular complexity index is 1090. The second-order valence-electron chi connectivity index (χ2n) is 5.89. The molecule has 1 aromatic heterocycles. The summed E-state index contributed by atoms with van der Waals surface area (Å²) in [5.74, 6) is -12.1. The third-order valence-electron chi connectivity index (χ3n) is 3.88. The van der Waals surface area contributed by atoms with Gasteiger partial charge in [0.15, 0.2) is 34.2 Å². The lowest BCUT2D eigenvalue weighted by atomic mass is 10.1. The van der Waals surface area contributed by atoms with Crippen molar-refractivity contribution in [3.63, 3.8) is 0 Å². The van der Waals surface area contributed by atoms with Crippen LogP contribution in [0.3, 0.4) is 0 Å². The fourth-order valence-electron chi connectivity index (χ4n) is 2.53. The highest BCUT2D eigenvalue weighted by molar-refractivity contribution is 7.18. The number of Topliss-reactive ketones (excluding diaryl/α,β-unsaturated/α-hetero) is 1. The molecule has 0 aliphatic heterocycles. The Balaban J connectivity index is 1.89. The first-order valence-corrected chi connectivity index (χ1v) is 8.89. The topological polar surface area (TPSA) is 59.1 Å². The quantitative estimate of drug-likeness (QED) is 0.274. The molecule has 0 atom stereocenters. The van der Waals surface area contributed by atoms with Crippen molar-refractivity contribution >= 4 is 28.2 Å². The minimum absolute atomic E-state index is 0.0528. The predicted octanol–water partition coefficient (Wildman–Crippen LogP) is 4.89. The van der Waals surface area contributed by atoms with Crippen molar-refractivity contribution in [3.05, 3.63) is 69.9 Å². The summed E-state index contributed by atoms with van der Waals surface area (Å²) in [6.45, 7) is 1.31. The van der Waals surface area contributed by atoms with Gasteiger partial charge in [0.1, 0.15) is 0 Å². The number of hydrogen-bond acceptors (Lipinski definition) is 4. The number of amides is 1. The molecule has 0 fully saturated rings. The minimum Gasteiger partial charge on any atom is -0.302 e. The van der Waals surface area contributed by atoms with Crippen LogP contribution in [0.5, 0.6) is 0 Å². The molecule has 0 saturated carbocycles. The van der Waals surface area contributed by atoms with Gasteiger partial charge >= 0.3 is 0 Å². The summed E-state index contributed by atoms with van der Waals surface area (Å²) in [5, 5.41) is 2.18.